The van der Waals surface area contributed by atoms with Crippen LogP contribution in [0.1, 0.15) is 30.5 Å². The molecule has 1 atom stereocenters. The average Bonchev–Trinajstić information content (AvgIpc) is 2.46. The van der Waals surface area contributed by atoms with Crippen LogP contribution in [0.25, 0.3) is 0 Å². The first-order chi connectivity index (χ1) is 10.1. The average molecular weight is 523 g/mol. The smallest absolute Gasteiger partial charge is 0.0371 e. The number of nitrogens with one attached hydrogen (secondary N) is 1. The molecule has 1 unspecified atom stereocenters. The van der Waals surface area contributed by atoms with E-state index < -0.39 is 0 Å². The van der Waals surface area contributed by atoms with Gasteiger partial charge < -0.3 is 5.32 Å². The Balaban J connectivity index is 2.27. The normalized spacial score (nSPS) is 12.4. The number of hydrogen-bond donors (Lipinski definition) is 1. The molecule has 0 spiro atoms. The van der Waals surface area contributed by atoms with E-state index in [-0.39, 0.29) is 0 Å². The van der Waals surface area contributed by atoms with Crippen LogP contribution in [0.5, 0.6) is 0 Å². The van der Waals surface area contributed by atoms with Gasteiger partial charge >= 0.3 is 0 Å². The van der Waals surface area contributed by atoms with Crippen LogP contribution in [0.4, 0.5) is 0 Å². The minimum atomic E-state index is 0.337. The fraction of sp³-hybridized carbons (Fsp3) is 0.294. The molecule has 0 radical (unpaired) electrons. The lowest BCUT2D eigenvalue weighted by molar-refractivity contribution is 0.527. The maximum Gasteiger partial charge on any atom is 0.0371 e. The fourth-order valence-corrected chi connectivity index (χ4v) is 3.83. The van der Waals surface area contributed by atoms with Crippen molar-refractivity contribution in [1.29, 1.82) is 0 Å². The number of hydrogen-bond acceptors (Lipinski definition) is 1. The molecule has 0 saturated carbocycles. The van der Waals surface area contributed by atoms with Crippen LogP contribution in [0, 0.1) is 3.57 Å². The molecule has 0 aliphatic carbocycles. The van der Waals surface area contributed by atoms with E-state index in [1.807, 2.05) is 0 Å². The van der Waals surface area contributed by atoms with Crippen LogP contribution in [-0.2, 0) is 6.42 Å². The van der Waals surface area contributed by atoms with Gasteiger partial charge in [-0.15, -0.1) is 0 Å². The van der Waals surface area contributed by atoms with E-state index in [4.69, 9.17) is 0 Å². The summed E-state index contributed by atoms with van der Waals surface area (Å²) >= 11 is 9.57. The van der Waals surface area contributed by atoms with Crippen LogP contribution in [0.15, 0.2) is 51.4 Å². The van der Waals surface area contributed by atoms with Crippen molar-refractivity contribution in [3.63, 3.8) is 0 Å². The zero-order valence-electron chi connectivity index (χ0n) is 11.9. The lowest BCUT2D eigenvalue weighted by Gasteiger charge is -2.21. The number of benzene rings is 2. The maximum atomic E-state index is 3.68. The Morgan fingerprint density at radius 1 is 1.10 bits per heavy atom. The van der Waals surface area contributed by atoms with Crippen molar-refractivity contribution in [2.45, 2.75) is 25.8 Å². The second-order valence-corrected chi connectivity index (χ2v) is 8.00. The molecule has 4 heteroatoms. The van der Waals surface area contributed by atoms with Crippen molar-refractivity contribution in [3.8, 4) is 0 Å². The molecule has 1 nitrogen and oxygen atoms in total. The Hall–Kier alpha value is 0.0900. The molecule has 112 valence electrons. The van der Waals surface area contributed by atoms with Crippen molar-refractivity contribution >= 4 is 54.5 Å². The molecule has 0 aliphatic rings. The van der Waals surface area contributed by atoms with Crippen LogP contribution >= 0.6 is 54.5 Å². The fourth-order valence-electron chi connectivity index (χ4n) is 2.29. The van der Waals surface area contributed by atoms with Crippen molar-refractivity contribution in [2.75, 3.05) is 6.54 Å². The Morgan fingerprint density at radius 3 is 2.57 bits per heavy atom. The second-order valence-electron chi connectivity index (χ2n) is 5.01. The zero-order chi connectivity index (χ0) is 15.2. The quantitative estimate of drug-likeness (QED) is 0.452. The number of rotatable bonds is 6. The lowest BCUT2D eigenvalue weighted by Crippen LogP contribution is -2.25. The topological polar surface area (TPSA) is 12.0 Å². The van der Waals surface area contributed by atoms with Crippen LogP contribution in [0.2, 0.25) is 0 Å². The van der Waals surface area contributed by atoms with Gasteiger partial charge in [0.25, 0.3) is 0 Å². The summed E-state index contributed by atoms with van der Waals surface area (Å²) in [5.41, 5.74) is 2.70. The monoisotopic (exact) mass is 521 g/mol. The molecule has 0 amide bonds. The Morgan fingerprint density at radius 2 is 1.86 bits per heavy atom. The van der Waals surface area contributed by atoms with E-state index in [9.17, 15) is 0 Å². The second kappa shape index (κ2) is 8.65. The third-order valence-corrected chi connectivity index (χ3v) is 5.27. The minimum absolute atomic E-state index is 0.337. The van der Waals surface area contributed by atoms with Gasteiger partial charge in [0.05, 0.1) is 0 Å². The Kier molecular flexibility index (Phi) is 7.19. The molecule has 0 bridgehead atoms. The van der Waals surface area contributed by atoms with E-state index in [1.54, 1.807) is 0 Å². The molecule has 0 aliphatic heterocycles. The van der Waals surface area contributed by atoms with E-state index in [0.29, 0.717) is 6.04 Å². The van der Waals surface area contributed by atoms with Gasteiger partial charge in [0.15, 0.2) is 0 Å². The van der Waals surface area contributed by atoms with Crippen molar-refractivity contribution in [1.82, 2.24) is 5.32 Å². The summed E-state index contributed by atoms with van der Waals surface area (Å²) in [5, 5.41) is 3.68. The van der Waals surface area contributed by atoms with Gasteiger partial charge in [-0.05, 0) is 83.4 Å². The highest BCUT2D eigenvalue weighted by Crippen LogP contribution is 2.27. The molecule has 21 heavy (non-hydrogen) atoms. The molecule has 2 aromatic carbocycles. The molecular weight excluding hydrogens is 505 g/mol. The van der Waals surface area contributed by atoms with Gasteiger partial charge in [-0.25, -0.2) is 0 Å². The van der Waals surface area contributed by atoms with Crippen LogP contribution in [0.3, 0.4) is 0 Å². The van der Waals surface area contributed by atoms with E-state index in [1.165, 1.54) is 14.7 Å². The standard InChI is InChI=1S/C17H18Br2IN/c1-2-8-21-17(10-12-4-3-5-13(18)9-12)15-11-14(19)6-7-16(15)20/h3-7,9,11,17,21H,2,8,10H2,1H3. The van der Waals surface area contributed by atoms with E-state index >= 15 is 0 Å². The van der Waals surface area contributed by atoms with Crippen molar-refractivity contribution in [2.24, 2.45) is 0 Å². The summed E-state index contributed by atoms with van der Waals surface area (Å²) in [6.07, 6.45) is 2.13. The van der Waals surface area contributed by atoms with Crippen molar-refractivity contribution in [3.05, 3.63) is 66.1 Å². The zero-order valence-corrected chi connectivity index (χ0v) is 17.2. The largest absolute Gasteiger partial charge is 0.310 e. The van der Waals surface area contributed by atoms with E-state index in [2.05, 4.69) is 109 Å². The van der Waals surface area contributed by atoms with Gasteiger partial charge in [0.2, 0.25) is 0 Å². The summed E-state index contributed by atoms with van der Waals surface area (Å²) in [6.45, 7) is 3.23. The SMILES string of the molecule is CCCNC(Cc1cccc(Br)c1)c1cc(Br)ccc1I. The predicted molar refractivity (Wildman–Crippen MR) is 106 cm³/mol. The van der Waals surface area contributed by atoms with Gasteiger partial charge in [-0.2, -0.15) is 0 Å². The first-order valence-electron chi connectivity index (χ1n) is 7.03. The molecule has 0 fully saturated rings. The summed E-state index contributed by atoms with van der Waals surface area (Å²) in [7, 11) is 0. The predicted octanol–water partition coefficient (Wildman–Crippen LogP) is 6.10. The summed E-state index contributed by atoms with van der Waals surface area (Å²) in [4.78, 5) is 0. The summed E-state index contributed by atoms with van der Waals surface area (Å²) in [6, 6.07) is 15.4. The van der Waals surface area contributed by atoms with Crippen LogP contribution in [-0.4, -0.2) is 6.54 Å². The molecule has 2 rings (SSSR count). The van der Waals surface area contributed by atoms with Gasteiger partial charge in [0, 0.05) is 18.6 Å². The third-order valence-electron chi connectivity index (χ3n) is 3.30. The molecule has 1 N–H and O–H groups in total. The molecule has 2 aromatic rings. The highest BCUT2D eigenvalue weighted by Gasteiger charge is 2.15. The van der Waals surface area contributed by atoms with Gasteiger partial charge in [-0.1, -0.05) is 50.9 Å². The van der Waals surface area contributed by atoms with Crippen LogP contribution < -0.4 is 5.32 Å². The molecule has 0 aromatic heterocycles. The first-order valence-corrected chi connectivity index (χ1v) is 9.69. The third kappa shape index (κ3) is 5.34. The first kappa shape index (κ1) is 17.4. The maximum absolute atomic E-state index is 3.68. The number of halogens is 3. The molecule has 0 heterocycles. The molecular formula is C17H18Br2IN. The van der Waals surface area contributed by atoms with Gasteiger partial charge in [-0.3, -0.25) is 0 Å². The summed E-state index contributed by atoms with van der Waals surface area (Å²) in [5.74, 6) is 0. The lowest BCUT2D eigenvalue weighted by atomic mass is 9.99. The van der Waals surface area contributed by atoms with E-state index in [0.717, 1.165) is 28.3 Å². The highest BCUT2D eigenvalue weighted by molar-refractivity contribution is 14.1. The van der Waals surface area contributed by atoms with Gasteiger partial charge in [0.1, 0.15) is 0 Å². The highest BCUT2D eigenvalue weighted by atomic mass is 127. The Labute approximate surface area is 157 Å². The Bertz CT molecular complexity index is 601. The van der Waals surface area contributed by atoms with Crippen molar-refractivity contribution < 1.29 is 0 Å². The molecule has 0 saturated heterocycles. The summed E-state index contributed by atoms with van der Waals surface area (Å²) < 4.78 is 3.58. The minimum Gasteiger partial charge on any atom is -0.310 e.